The van der Waals surface area contributed by atoms with Gasteiger partial charge in [-0.25, -0.2) is 4.79 Å². The molecule has 0 bridgehead atoms. The van der Waals surface area contributed by atoms with E-state index >= 15 is 0 Å². The van der Waals surface area contributed by atoms with Crippen molar-refractivity contribution in [1.29, 1.82) is 0 Å². The van der Waals surface area contributed by atoms with Crippen molar-refractivity contribution in [2.45, 2.75) is 33.2 Å². The molecule has 0 saturated carbocycles. The normalized spacial score (nSPS) is 14.4. The van der Waals surface area contributed by atoms with Crippen molar-refractivity contribution in [3.63, 3.8) is 0 Å². The van der Waals surface area contributed by atoms with Gasteiger partial charge < -0.3 is 10.6 Å². The number of carbonyl (C=O) groups excluding carboxylic acids is 3. The molecule has 1 saturated heterocycles. The Morgan fingerprint density at radius 1 is 1.36 bits per heavy atom. The fourth-order valence-corrected chi connectivity index (χ4v) is 2.19. The number of hydrogen-bond donors (Lipinski definition) is 2. The quantitative estimate of drug-likeness (QED) is 0.790. The second-order valence-corrected chi connectivity index (χ2v) is 5.82. The average Bonchev–Trinajstić information content (AvgIpc) is 2.77. The minimum Gasteiger partial charge on any atom is -0.329 e. The number of nitrogens with zero attached hydrogens (tertiary/aromatic N) is 1. The number of imide groups is 1. The Kier molecular flexibility index (Phi) is 5.14. The number of rotatable bonds is 6. The summed E-state index contributed by atoms with van der Waals surface area (Å²) in [4.78, 5) is 36.1. The van der Waals surface area contributed by atoms with Crippen molar-refractivity contribution in [1.82, 2.24) is 10.2 Å². The predicted octanol–water partition coefficient (Wildman–Crippen LogP) is 2.11. The van der Waals surface area contributed by atoms with E-state index in [1.165, 1.54) is 4.90 Å². The van der Waals surface area contributed by atoms with Gasteiger partial charge in [0.1, 0.15) is 0 Å². The SMILES string of the molecule is CC(C)CCC(=O)Nc1cccc(CN2C(=O)CNC2=O)c1. The van der Waals surface area contributed by atoms with Gasteiger partial charge in [0.05, 0.1) is 13.1 Å². The summed E-state index contributed by atoms with van der Waals surface area (Å²) in [5, 5.41) is 5.32. The zero-order valence-corrected chi connectivity index (χ0v) is 12.9. The maximum Gasteiger partial charge on any atom is 0.324 e. The predicted molar refractivity (Wildman–Crippen MR) is 83.1 cm³/mol. The van der Waals surface area contributed by atoms with Crippen LogP contribution in [-0.4, -0.2) is 29.3 Å². The Morgan fingerprint density at radius 3 is 2.77 bits per heavy atom. The van der Waals surface area contributed by atoms with Crippen molar-refractivity contribution in [2.75, 3.05) is 11.9 Å². The van der Waals surface area contributed by atoms with Gasteiger partial charge in [-0.3, -0.25) is 14.5 Å². The van der Waals surface area contributed by atoms with Gasteiger partial charge in [0.25, 0.3) is 0 Å². The molecule has 0 spiro atoms. The van der Waals surface area contributed by atoms with Crippen LogP contribution in [0.5, 0.6) is 0 Å². The molecular formula is C16H21N3O3. The van der Waals surface area contributed by atoms with E-state index in [0.29, 0.717) is 18.0 Å². The van der Waals surface area contributed by atoms with Crippen LogP contribution >= 0.6 is 0 Å². The smallest absolute Gasteiger partial charge is 0.324 e. The summed E-state index contributed by atoms with van der Waals surface area (Å²) < 4.78 is 0. The molecule has 22 heavy (non-hydrogen) atoms. The lowest BCUT2D eigenvalue weighted by Crippen LogP contribution is -2.30. The number of hydrogen-bond acceptors (Lipinski definition) is 3. The molecule has 2 N–H and O–H groups in total. The minimum atomic E-state index is -0.378. The van der Waals surface area contributed by atoms with E-state index in [4.69, 9.17) is 0 Å². The van der Waals surface area contributed by atoms with Crippen LogP contribution in [0.3, 0.4) is 0 Å². The minimum absolute atomic E-state index is 0.0270. The maximum absolute atomic E-state index is 11.8. The van der Waals surface area contributed by atoms with Crippen molar-refractivity contribution in [3.8, 4) is 0 Å². The average molecular weight is 303 g/mol. The second kappa shape index (κ2) is 7.06. The molecular weight excluding hydrogens is 282 g/mol. The number of carbonyl (C=O) groups is 3. The lowest BCUT2D eigenvalue weighted by atomic mass is 10.1. The fraction of sp³-hybridized carbons (Fsp3) is 0.438. The van der Waals surface area contributed by atoms with Gasteiger partial charge in [0.2, 0.25) is 11.8 Å². The van der Waals surface area contributed by atoms with Crippen molar-refractivity contribution in [3.05, 3.63) is 29.8 Å². The highest BCUT2D eigenvalue weighted by molar-refractivity contribution is 6.01. The van der Waals surface area contributed by atoms with E-state index in [2.05, 4.69) is 24.5 Å². The molecule has 118 valence electrons. The number of anilines is 1. The highest BCUT2D eigenvalue weighted by Gasteiger charge is 2.28. The molecule has 0 aliphatic carbocycles. The first-order valence-corrected chi connectivity index (χ1v) is 7.42. The Morgan fingerprint density at radius 2 is 2.14 bits per heavy atom. The van der Waals surface area contributed by atoms with E-state index in [9.17, 15) is 14.4 Å². The molecule has 1 fully saturated rings. The first-order valence-electron chi connectivity index (χ1n) is 7.42. The Bertz CT molecular complexity index is 568. The number of nitrogens with one attached hydrogen (secondary N) is 2. The molecule has 1 aliphatic heterocycles. The molecule has 0 unspecified atom stereocenters. The first-order chi connectivity index (χ1) is 10.5. The third kappa shape index (κ3) is 4.31. The summed E-state index contributed by atoms with van der Waals surface area (Å²) in [6.45, 7) is 4.41. The number of urea groups is 1. The zero-order valence-electron chi connectivity index (χ0n) is 12.9. The molecule has 6 nitrogen and oxygen atoms in total. The lowest BCUT2D eigenvalue weighted by Gasteiger charge is -2.13. The Balaban J connectivity index is 1.96. The summed E-state index contributed by atoms with van der Waals surface area (Å²) in [6, 6.07) is 6.82. The molecule has 0 aromatic heterocycles. The first kappa shape index (κ1) is 16.0. The molecule has 0 radical (unpaired) electrons. The van der Waals surface area contributed by atoms with Gasteiger partial charge in [-0.15, -0.1) is 0 Å². The zero-order chi connectivity index (χ0) is 16.1. The van der Waals surface area contributed by atoms with Gasteiger partial charge in [-0.1, -0.05) is 26.0 Å². The van der Waals surface area contributed by atoms with Crippen LogP contribution < -0.4 is 10.6 Å². The van der Waals surface area contributed by atoms with Gasteiger partial charge in [0, 0.05) is 12.1 Å². The van der Waals surface area contributed by atoms with Crippen LogP contribution in [0.1, 0.15) is 32.3 Å². The summed E-state index contributed by atoms with van der Waals surface area (Å²) in [6.07, 6.45) is 1.32. The van der Waals surface area contributed by atoms with Crippen LogP contribution in [0.4, 0.5) is 10.5 Å². The fourth-order valence-electron chi connectivity index (χ4n) is 2.19. The van der Waals surface area contributed by atoms with E-state index in [0.717, 1.165) is 12.0 Å². The standard InChI is InChI=1S/C16H21N3O3/c1-11(2)6-7-14(20)18-13-5-3-4-12(8-13)10-19-15(21)9-17-16(19)22/h3-5,8,11H,6-7,9-10H2,1-2H3,(H,17,22)(H,18,20). The molecule has 1 aliphatic rings. The van der Waals surface area contributed by atoms with Crippen molar-refractivity contribution >= 4 is 23.5 Å². The summed E-state index contributed by atoms with van der Waals surface area (Å²) >= 11 is 0. The second-order valence-electron chi connectivity index (χ2n) is 5.82. The van der Waals surface area contributed by atoms with E-state index in [1.54, 1.807) is 18.2 Å². The molecule has 4 amide bonds. The largest absolute Gasteiger partial charge is 0.329 e. The summed E-state index contributed by atoms with van der Waals surface area (Å²) in [7, 11) is 0. The van der Waals surface area contributed by atoms with Crippen LogP contribution in [0.2, 0.25) is 0 Å². The summed E-state index contributed by atoms with van der Waals surface area (Å²) in [5.74, 6) is 0.217. The highest BCUT2D eigenvalue weighted by Crippen LogP contribution is 2.15. The van der Waals surface area contributed by atoms with Crippen LogP contribution in [-0.2, 0) is 16.1 Å². The lowest BCUT2D eigenvalue weighted by molar-refractivity contribution is -0.125. The number of amides is 4. The summed E-state index contributed by atoms with van der Waals surface area (Å²) in [5.41, 5.74) is 1.48. The van der Waals surface area contributed by atoms with Gasteiger partial charge in [-0.2, -0.15) is 0 Å². The molecule has 1 heterocycles. The van der Waals surface area contributed by atoms with Gasteiger partial charge >= 0.3 is 6.03 Å². The van der Waals surface area contributed by atoms with Crippen LogP contribution in [0, 0.1) is 5.92 Å². The molecule has 2 rings (SSSR count). The maximum atomic E-state index is 11.8. The topological polar surface area (TPSA) is 78.5 Å². The highest BCUT2D eigenvalue weighted by atomic mass is 16.2. The van der Waals surface area contributed by atoms with Crippen LogP contribution in [0.25, 0.3) is 0 Å². The van der Waals surface area contributed by atoms with Crippen molar-refractivity contribution in [2.24, 2.45) is 5.92 Å². The van der Waals surface area contributed by atoms with Crippen molar-refractivity contribution < 1.29 is 14.4 Å². The third-order valence-corrected chi connectivity index (χ3v) is 3.44. The molecule has 6 heteroatoms. The Labute approximate surface area is 129 Å². The Hall–Kier alpha value is -2.37. The van der Waals surface area contributed by atoms with E-state index in [-0.39, 0.29) is 30.9 Å². The monoisotopic (exact) mass is 303 g/mol. The third-order valence-electron chi connectivity index (χ3n) is 3.44. The van der Waals surface area contributed by atoms with E-state index in [1.807, 2.05) is 6.07 Å². The molecule has 1 aromatic rings. The van der Waals surface area contributed by atoms with E-state index < -0.39 is 0 Å². The van der Waals surface area contributed by atoms with Crippen LogP contribution in [0.15, 0.2) is 24.3 Å². The van der Waals surface area contributed by atoms with Gasteiger partial charge in [0.15, 0.2) is 0 Å². The van der Waals surface area contributed by atoms with Gasteiger partial charge in [-0.05, 0) is 30.0 Å². The molecule has 1 aromatic carbocycles. The molecule has 0 atom stereocenters. The number of benzene rings is 1.